The maximum Gasteiger partial charge on any atom is 0.322 e. The number of nitrogens with one attached hydrogen (secondary N) is 2. The summed E-state index contributed by atoms with van der Waals surface area (Å²) in [7, 11) is 0. The van der Waals surface area contributed by atoms with Crippen molar-refractivity contribution in [2.75, 3.05) is 5.32 Å². The largest absolute Gasteiger partial charge is 0.329 e. The lowest BCUT2D eigenvalue weighted by Gasteiger charge is -2.36. The van der Waals surface area contributed by atoms with Gasteiger partial charge in [0.05, 0.1) is 11.7 Å². The summed E-state index contributed by atoms with van der Waals surface area (Å²) in [6.07, 6.45) is 6.11. The number of carbonyl (C=O) groups is 1. The molecule has 3 aliphatic rings. The molecule has 1 saturated heterocycles. The van der Waals surface area contributed by atoms with E-state index in [1.165, 1.54) is 12.1 Å². The first-order valence-electron chi connectivity index (χ1n) is 9.31. The molecule has 1 aromatic heterocycles. The Morgan fingerprint density at radius 1 is 1.19 bits per heavy atom. The summed E-state index contributed by atoms with van der Waals surface area (Å²) in [4.78, 5) is 29.0. The Kier molecular flexibility index (Phi) is 3.79. The smallest absolute Gasteiger partial charge is 0.322 e. The summed E-state index contributed by atoms with van der Waals surface area (Å²) in [6.45, 7) is 0. The summed E-state index contributed by atoms with van der Waals surface area (Å²) in [5.41, 5.74) is 2.78. The lowest BCUT2D eigenvalue weighted by molar-refractivity contribution is 0.179. The highest BCUT2D eigenvalue weighted by atomic mass is 35.5. The van der Waals surface area contributed by atoms with Gasteiger partial charge in [-0.2, -0.15) is 0 Å². The molecule has 2 atom stereocenters. The van der Waals surface area contributed by atoms with Crippen molar-refractivity contribution >= 4 is 23.3 Å². The number of halogens is 2. The van der Waals surface area contributed by atoms with Crippen LogP contribution in [0.15, 0.2) is 29.2 Å². The van der Waals surface area contributed by atoms with E-state index in [1.54, 1.807) is 17.2 Å². The van der Waals surface area contributed by atoms with Crippen molar-refractivity contribution < 1.29 is 9.18 Å². The highest BCUT2D eigenvalue weighted by molar-refractivity contribution is 6.31. The van der Waals surface area contributed by atoms with Gasteiger partial charge in [-0.1, -0.05) is 11.6 Å². The molecule has 2 amide bonds. The Labute approximate surface area is 160 Å². The number of pyridine rings is 1. The SMILES string of the molecule is O=C(Nc1cc(Cl)c(C2CC2)cc1F)N1[C@H]2CC[C@@H]1c1c[nH]c(=O)cc1C2. The van der Waals surface area contributed by atoms with Crippen LogP contribution in [0.25, 0.3) is 0 Å². The summed E-state index contributed by atoms with van der Waals surface area (Å²) >= 11 is 6.29. The van der Waals surface area contributed by atoms with Gasteiger partial charge in [0.25, 0.3) is 0 Å². The summed E-state index contributed by atoms with van der Waals surface area (Å²) in [6, 6.07) is 4.17. The van der Waals surface area contributed by atoms with E-state index in [1.807, 2.05) is 0 Å². The second-order valence-electron chi connectivity index (χ2n) is 7.69. The van der Waals surface area contributed by atoms with Crippen LogP contribution < -0.4 is 10.9 Å². The minimum absolute atomic E-state index is 0.0218. The third-order valence-corrected chi connectivity index (χ3v) is 6.27. The van der Waals surface area contributed by atoms with E-state index in [4.69, 9.17) is 11.6 Å². The Hall–Kier alpha value is -2.34. The van der Waals surface area contributed by atoms with Crippen molar-refractivity contribution in [3.8, 4) is 0 Å². The number of carbonyl (C=O) groups excluding carboxylic acids is 1. The molecule has 0 radical (unpaired) electrons. The van der Waals surface area contributed by atoms with Crippen LogP contribution in [0, 0.1) is 5.82 Å². The predicted molar refractivity (Wildman–Crippen MR) is 101 cm³/mol. The van der Waals surface area contributed by atoms with Crippen molar-refractivity contribution in [2.45, 2.75) is 50.1 Å². The van der Waals surface area contributed by atoms with Crippen LogP contribution in [0.3, 0.4) is 0 Å². The Balaban J connectivity index is 1.41. The normalized spacial score (nSPS) is 23.3. The van der Waals surface area contributed by atoms with Gasteiger partial charge in [-0.25, -0.2) is 9.18 Å². The average Bonchev–Trinajstić information content (AvgIpc) is 3.41. The number of anilines is 1. The number of nitrogens with zero attached hydrogens (tertiary/aromatic N) is 1. The van der Waals surface area contributed by atoms with Crippen molar-refractivity contribution in [1.29, 1.82) is 0 Å². The van der Waals surface area contributed by atoms with Crippen molar-refractivity contribution in [3.05, 3.63) is 62.3 Å². The predicted octanol–water partition coefficient (Wildman–Crippen LogP) is 4.34. The third-order valence-electron chi connectivity index (χ3n) is 5.94. The second-order valence-corrected chi connectivity index (χ2v) is 8.10. The molecule has 1 aromatic carbocycles. The summed E-state index contributed by atoms with van der Waals surface area (Å²) < 4.78 is 14.5. The molecule has 140 valence electrons. The quantitative estimate of drug-likeness (QED) is 0.805. The van der Waals surface area contributed by atoms with E-state index >= 15 is 0 Å². The molecule has 1 saturated carbocycles. The van der Waals surface area contributed by atoms with Gasteiger partial charge in [0, 0.05) is 23.3 Å². The van der Waals surface area contributed by atoms with Gasteiger partial charge in [0.1, 0.15) is 5.82 Å². The van der Waals surface area contributed by atoms with Crippen molar-refractivity contribution in [1.82, 2.24) is 9.88 Å². The zero-order valence-corrected chi connectivity index (χ0v) is 15.4. The molecule has 2 fully saturated rings. The lowest BCUT2D eigenvalue weighted by atomic mass is 9.95. The number of amides is 2. The number of fused-ring (bicyclic) bond motifs is 4. The fraction of sp³-hybridized carbons (Fsp3) is 0.400. The molecule has 0 spiro atoms. The van der Waals surface area contributed by atoms with Gasteiger partial charge in [-0.05, 0) is 66.8 Å². The monoisotopic (exact) mass is 387 g/mol. The van der Waals surface area contributed by atoms with Crippen LogP contribution >= 0.6 is 11.6 Å². The van der Waals surface area contributed by atoms with Gasteiger partial charge < -0.3 is 15.2 Å². The molecular weight excluding hydrogens is 369 g/mol. The third kappa shape index (κ3) is 2.83. The Morgan fingerprint density at radius 3 is 2.78 bits per heavy atom. The number of hydrogen-bond acceptors (Lipinski definition) is 2. The fourth-order valence-corrected chi connectivity index (χ4v) is 4.82. The molecule has 0 unspecified atom stereocenters. The maximum atomic E-state index is 14.5. The highest BCUT2D eigenvalue weighted by Crippen LogP contribution is 2.45. The van der Waals surface area contributed by atoms with Gasteiger partial charge >= 0.3 is 6.03 Å². The van der Waals surface area contributed by atoms with Gasteiger partial charge in [-0.3, -0.25) is 4.79 Å². The number of aromatic amines is 1. The van der Waals surface area contributed by atoms with Crippen LogP contribution in [0.1, 0.15) is 54.3 Å². The fourth-order valence-electron chi connectivity index (χ4n) is 4.51. The van der Waals surface area contributed by atoms with Crippen molar-refractivity contribution in [3.63, 3.8) is 0 Å². The molecule has 5 rings (SSSR count). The number of urea groups is 1. The zero-order valence-electron chi connectivity index (χ0n) is 14.6. The van der Waals surface area contributed by atoms with E-state index in [9.17, 15) is 14.0 Å². The minimum Gasteiger partial charge on any atom is -0.329 e. The first-order valence-corrected chi connectivity index (χ1v) is 9.69. The average molecular weight is 388 g/mol. The van der Waals surface area contributed by atoms with E-state index in [0.717, 1.165) is 42.4 Å². The number of benzene rings is 1. The topological polar surface area (TPSA) is 65.2 Å². The highest BCUT2D eigenvalue weighted by Gasteiger charge is 2.43. The molecular formula is C20H19ClFN3O2. The first-order chi connectivity index (χ1) is 13.0. The first kappa shape index (κ1) is 16.8. The minimum atomic E-state index is -0.455. The Bertz CT molecular complexity index is 1000. The van der Waals surface area contributed by atoms with Crippen LogP contribution in [0.2, 0.25) is 5.02 Å². The van der Waals surface area contributed by atoms with Crippen LogP contribution in [0.4, 0.5) is 14.9 Å². The van der Waals surface area contributed by atoms with Crippen LogP contribution in [-0.4, -0.2) is 22.0 Å². The maximum absolute atomic E-state index is 14.5. The van der Waals surface area contributed by atoms with E-state index < -0.39 is 5.82 Å². The molecule has 2 N–H and O–H groups in total. The zero-order chi connectivity index (χ0) is 18.7. The van der Waals surface area contributed by atoms with E-state index in [0.29, 0.717) is 17.4 Å². The lowest BCUT2D eigenvalue weighted by Crippen LogP contribution is -2.44. The number of aromatic nitrogens is 1. The number of rotatable bonds is 2. The van der Waals surface area contributed by atoms with Gasteiger partial charge in [0.15, 0.2) is 0 Å². The molecule has 5 nitrogen and oxygen atoms in total. The number of H-pyrrole nitrogens is 1. The molecule has 2 aliphatic heterocycles. The second kappa shape index (κ2) is 6.09. The Morgan fingerprint density at radius 2 is 2.00 bits per heavy atom. The number of hydrogen-bond donors (Lipinski definition) is 2. The molecule has 2 bridgehead atoms. The standard InChI is InChI=1S/C20H19ClFN3O2/c21-15-8-17(16(22)7-13(15)10-1-2-10)24-20(27)25-12-3-4-18(25)14-9-23-19(26)6-11(14)5-12/h6-10,12,18H,1-5H2,(H,23,26)(H,24,27)/t12-,18+/m0/s1. The molecule has 27 heavy (non-hydrogen) atoms. The van der Waals surface area contributed by atoms with Crippen molar-refractivity contribution in [2.24, 2.45) is 0 Å². The summed E-state index contributed by atoms with van der Waals surface area (Å²) in [5.74, 6) is -0.114. The molecule has 3 heterocycles. The van der Waals surface area contributed by atoms with Crippen LogP contribution in [-0.2, 0) is 6.42 Å². The summed E-state index contributed by atoms with van der Waals surface area (Å²) in [5, 5.41) is 3.20. The molecule has 1 aliphatic carbocycles. The van der Waals surface area contributed by atoms with Crippen LogP contribution in [0.5, 0.6) is 0 Å². The van der Waals surface area contributed by atoms with Gasteiger partial charge in [0.2, 0.25) is 5.56 Å². The van der Waals surface area contributed by atoms with E-state index in [-0.39, 0.29) is 29.4 Å². The molecule has 2 aromatic rings. The van der Waals surface area contributed by atoms with Gasteiger partial charge in [-0.15, -0.1) is 0 Å². The van der Waals surface area contributed by atoms with E-state index in [2.05, 4.69) is 10.3 Å². The molecule has 7 heteroatoms.